The molecule has 4 atom stereocenters. The summed E-state index contributed by atoms with van der Waals surface area (Å²) in [5.74, 6) is -3.68. The summed E-state index contributed by atoms with van der Waals surface area (Å²) in [6.07, 6.45) is 5.57. The van der Waals surface area contributed by atoms with Crippen molar-refractivity contribution in [1.82, 2.24) is 0 Å². The molecule has 0 radical (unpaired) electrons. The molecule has 24 heavy (non-hydrogen) atoms. The number of aryl methyl sites for hydroxylation is 1. The Balaban J connectivity index is 1.76. The van der Waals surface area contributed by atoms with Gasteiger partial charge in [0.2, 0.25) is 0 Å². The molecule has 3 rings (SSSR count). The molecule has 4 unspecified atom stereocenters. The number of carbonyl (C=O) groups is 1. The molecule has 2 aliphatic carbocycles. The van der Waals surface area contributed by atoms with E-state index in [1.165, 1.54) is 11.1 Å². The first-order chi connectivity index (χ1) is 11.4. The Bertz CT molecular complexity index is 576. The third-order valence-electron chi connectivity index (χ3n) is 5.75. The first-order valence-electron chi connectivity index (χ1n) is 9.01. The Kier molecular flexibility index (Phi) is 4.93. The van der Waals surface area contributed by atoms with Gasteiger partial charge in [-0.3, -0.25) is 0 Å². The van der Waals surface area contributed by atoms with Crippen LogP contribution in [0.1, 0.15) is 62.5 Å². The molecule has 0 aliphatic heterocycles. The van der Waals surface area contributed by atoms with Crippen molar-refractivity contribution >= 4 is 5.97 Å². The van der Waals surface area contributed by atoms with Crippen molar-refractivity contribution in [1.29, 1.82) is 0 Å². The number of alkyl halides is 2. The first kappa shape index (κ1) is 17.4. The largest absolute Gasteiger partial charge is 0.458 e. The second kappa shape index (κ2) is 6.81. The summed E-state index contributed by atoms with van der Waals surface area (Å²) < 4.78 is 31.6. The Morgan fingerprint density at radius 3 is 2.33 bits per heavy atom. The van der Waals surface area contributed by atoms with Gasteiger partial charge in [0.05, 0.1) is 0 Å². The van der Waals surface area contributed by atoms with Crippen LogP contribution in [-0.4, -0.2) is 18.0 Å². The average molecular weight is 336 g/mol. The van der Waals surface area contributed by atoms with E-state index in [4.69, 9.17) is 4.74 Å². The quantitative estimate of drug-likeness (QED) is 0.705. The van der Waals surface area contributed by atoms with Crippen molar-refractivity contribution in [3.8, 4) is 0 Å². The molecule has 4 heteroatoms. The molecular formula is C20H26F2O2. The standard InChI is InChI=1S/C20H26F2O2/c1-13-9-11-14(12-10-13)15-5-3-7-17-16(15)6-4-8-18(17)24-19(23)20(2,21)22/h9-12,15-18H,3-8H2,1-2H3. The monoisotopic (exact) mass is 336 g/mol. The number of rotatable bonds is 3. The highest BCUT2D eigenvalue weighted by Crippen LogP contribution is 2.49. The molecule has 2 saturated carbocycles. The predicted octanol–water partition coefficient (Wildman–Crippen LogP) is 5.25. The van der Waals surface area contributed by atoms with Crippen LogP contribution in [0, 0.1) is 18.8 Å². The van der Waals surface area contributed by atoms with Crippen molar-refractivity contribution in [2.24, 2.45) is 11.8 Å². The Labute approximate surface area is 142 Å². The van der Waals surface area contributed by atoms with E-state index in [1.54, 1.807) is 0 Å². The van der Waals surface area contributed by atoms with Crippen LogP contribution in [0.15, 0.2) is 24.3 Å². The lowest BCUT2D eigenvalue weighted by Crippen LogP contribution is -2.43. The minimum Gasteiger partial charge on any atom is -0.458 e. The fourth-order valence-corrected chi connectivity index (χ4v) is 4.56. The van der Waals surface area contributed by atoms with Gasteiger partial charge in [0.1, 0.15) is 6.10 Å². The average Bonchev–Trinajstić information content (AvgIpc) is 2.54. The van der Waals surface area contributed by atoms with E-state index < -0.39 is 11.9 Å². The maximum absolute atomic E-state index is 13.2. The van der Waals surface area contributed by atoms with Crippen LogP contribution in [-0.2, 0) is 9.53 Å². The van der Waals surface area contributed by atoms with Crippen LogP contribution in [0.3, 0.4) is 0 Å². The number of benzene rings is 1. The second-order valence-electron chi connectivity index (χ2n) is 7.54. The molecule has 0 aromatic heterocycles. The van der Waals surface area contributed by atoms with E-state index in [2.05, 4.69) is 31.2 Å². The van der Waals surface area contributed by atoms with Crippen LogP contribution in [0.5, 0.6) is 0 Å². The molecule has 2 fully saturated rings. The maximum atomic E-state index is 13.2. The minimum atomic E-state index is -3.40. The van der Waals surface area contributed by atoms with Gasteiger partial charge in [0, 0.05) is 6.92 Å². The summed E-state index contributed by atoms with van der Waals surface area (Å²) in [5.41, 5.74) is 2.58. The van der Waals surface area contributed by atoms with Gasteiger partial charge in [-0.25, -0.2) is 4.79 Å². The highest BCUT2D eigenvalue weighted by molar-refractivity contribution is 5.77. The molecule has 0 amide bonds. The molecule has 0 saturated heterocycles. The second-order valence-corrected chi connectivity index (χ2v) is 7.54. The van der Waals surface area contributed by atoms with E-state index in [-0.39, 0.29) is 12.0 Å². The third kappa shape index (κ3) is 3.62. The summed E-state index contributed by atoms with van der Waals surface area (Å²) in [7, 11) is 0. The van der Waals surface area contributed by atoms with Crippen LogP contribution in [0.25, 0.3) is 0 Å². The molecule has 132 valence electrons. The number of fused-ring (bicyclic) bond motifs is 1. The van der Waals surface area contributed by atoms with Gasteiger partial charge in [-0.15, -0.1) is 0 Å². The van der Waals surface area contributed by atoms with E-state index in [1.807, 2.05) is 0 Å². The Hall–Kier alpha value is -1.45. The van der Waals surface area contributed by atoms with Gasteiger partial charge >= 0.3 is 11.9 Å². The van der Waals surface area contributed by atoms with E-state index in [0.717, 1.165) is 32.1 Å². The van der Waals surface area contributed by atoms with Crippen LogP contribution >= 0.6 is 0 Å². The zero-order valence-corrected chi connectivity index (χ0v) is 14.4. The van der Waals surface area contributed by atoms with Gasteiger partial charge in [0.15, 0.2) is 0 Å². The Morgan fingerprint density at radius 1 is 1.04 bits per heavy atom. The molecule has 2 nitrogen and oxygen atoms in total. The number of esters is 1. The fraction of sp³-hybridized carbons (Fsp3) is 0.650. The third-order valence-corrected chi connectivity index (χ3v) is 5.75. The summed E-state index contributed by atoms with van der Waals surface area (Å²) in [4.78, 5) is 11.6. The number of ether oxygens (including phenoxy) is 1. The molecule has 0 bridgehead atoms. The number of hydrogen-bond donors (Lipinski definition) is 0. The highest BCUT2D eigenvalue weighted by atomic mass is 19.3. The number of hydrogen-bond acceptors (Lipinski definition) is 2. The summed E-state index contributed by atoms with van der Waals surface area (Å²) >= 11 is 0. The lowest BCUT2D eigenvalue weighted by molar-refractivity contribution is -0.182. The van der Waals surface area contributed by atoms with Gasteiger partial charge in [0.25, 0.3) is 0 Å². The van der Waals surface area contributed by atoms with Gasteiger partial charge < -0.3 is 4.74 Å². The van der Waals surface area contributed by atoms with Gasteiger partial charge in [-0.1, -0.05) is 36.2 Å². The van der Waals surface area contributed by atoms with Crippen molar-refractivity contribution in [3.05, 3.63) is 35.4 Å². The van der Waals surface area contributed by atoms with Crippen LogP contribution in [0.2, 0.25) is 0 Å². The molecule has 1 aromatic carbocycles. The summed E-state index contributed by atoms with van der Waals surface area (Å²) in [6.45, 7) is 2.69. The minimum absolute atomic E-state index is 0.213. The van der Waals surface area contributed by atoms with Crippen molar-refractivity contribution in [2.75, 3.05) is 0 Å². The molecular weight excluding hydrogens is 310 g/mol. The van der Waals surface area contributed by atoms with Gasteiger partial charge in [-0.05, 0) is 62.3 Å². The first-order valence-corrected chi connectivity index (χ1v) is 9.01. The number of halogens is 2. The fourth-order valence-electron chi connectivity index (χ4n) is 4.56. The smallest absolute Gasteiger partial charge is 0.376 e. The normalized spacial score (nSPS) is 30.5. The van der Waals surface area contributed by atoms with Crippen LogP contribution < -0.4 is 0 Å². The van der Waals surface area contributed by atoms with E-state index in [0.29, 0.717) is 25.2 Å². The van der Waals surface area contributed by atoms with Crippen molar-refractivity contribution < 1.29 is 18.3 Å². The van der Waals surface area contributed by atoms with Gasteiger partial charge in [-0.2, -0.15) is 8.78 Å². The van der Waals surface area contributed by atoms with Crippen molar-refractivity contribution in [2.45, 2.75) is 70.3 Å². The zero-order valence-electron chi connectivity index (χ0n) is 14.4. The number of carbonyl (C=O) groups excluding carboxylic acids is 1. The lowest BCUT2D eigenvalue weighted by atomic mass is 9.62. The van der Waals surface area contributed by atoms with Crippen molar-refractivity contribution in [3.63, 3.8) is 0 Å². The Morgan fingerprint density at radius 2 is 1.67 bits per heavy atom. The van der Waals surface area contributed by atoms with E-state index in [9.17, 15) is 13.6 Å². The molecule has 1 aromatic rings. The maximum Gasteiger partial charge on any atom is 0.376 e. The lowest BCUT2D eigenvalue weighted by Gasteiger charge is -2.45. The topological polar surface area (TPSA) is 26.3 Å². The molecule has 0 heterocycles. The van der Waals surface area contributed by atoms with Crippen LogP contribution in [0.4, 0.5) is 8.78 Å². The zero-order chi connectivity index (χ0) is 17.3. The molecule has 0 N–H and O–H groups in total. The molecule has 0 spiro atoms. The van der Waals surface area contributed by atoms with E-state index >= 15 is 0 Å². The highest BCUT2D eigenvalue weighted by Gasteiger charge is 2.44. The summed E-state index contributed by atoms with van der Waals surface area (Å²) in [5, 5.41) is 0. The predicted molar refractivity (Wildman–Crippen MR) is 89.1 cm³/mol. The SMILES string of the molecule is Cc1ccc(C2CCCC3C(OC(=O)C(C)(F)F)CCCC23)cc1. The molecule has 2 aliphatic rings. The summed E-state index contributed by atoms with van der Waals surface area (Å²) in [6, 6.07) is 8.66.